The third kappa shape index (κ3) is 9.18. The quantitative estimate of drug-likeness (QED) is 0.119. The molecule has 3 aliphatic rings. The molecule has 0 bridgehead atoms. The van der Waals surface area contributed by atoms with Gasteiger partial charge in [-0.05, 0) is 74.4 Å². The predicted molar refractivity (Wildman–Crippen MR) is 220 cm³/mol. The largest absolute Gasteiger partial charge is 0.493 e. The third-order valence-electron chi connectivity index (χ3n) is 12.1. The highest BCUT2D eigenvalue weighted by molar-refractivity contribution is 5.73. The van der Waals surface area contributed by atoms with Gasteiger partial charge in [0.1, 0.15) is 60.3 Å². The molecule has 5 aromatic rings. The number of hydrogen-bond acceptors (Lipinski definition) is 14. The first kappa shape index (κ1) is 43.9. The average Bonchev–Trinajstić information content (AvgIpc) is 4.05. The number of anilines is 2. The topological polar surface area (TPSA) is 212 Å². The van der Waals surface area contributed by atoms with E-state index >= 15 is 4.39 Å². The molecule has 20 heteroatoms. The lowest BCUT2D eigenvalue weighted by molar-refractivity contribution is -0.306. The number of piperazine rings is 1. The average molecular weight is 877 g/mol. The molecular weight excluding hydrogens is 827 g/mol. The minimum atomic E-state index is -1.85. The van der Waals surface area contributed by atoms with E-state index in [0.29, 0.717) is 37.5 Å². The molecule has 0 unspecified atom stereocenters. The molecule has 3 fully saturated rings. The first-order valence-corrected chi connectivity index (χ1v) is 20.8. The van der Waals surface area contributed by atoms with Crippen LogP contribution in [0.5, 0.6) is 5.75 Å². The van der Waals surface area contributed by atoms with E-state index in [0.717, 1.165) is 43.6 Å². The van der Waals surface area contributed by atoms with E-state index in [1.165, 1.54) is 40.4 Å². The van der Waals surface area contributed by atoms with Gasteiger partial charge in [0, 0.05) is 55.1 Å². The summed E-state index contributed by atoms with van der Waals surface area (Å²) < 4.78 is 56.6. The number of carboxylic acids is 1. The number of aliphatic carboxylic acids is 1. The van der Waals surface area contributed by atoms with E-state index in [1.54, 1.807) is 11.6 Å². The molecule has 0 saturated carbocycles. The highest BCUT2D eigenvalue weighted by Crippen LogP contribution is 2.42. The molecule has 63 heavy (non-hydrogen) atoms. The van der Waals surface area contributed by atoms with Crippen LogP contribution in [0.15, 0.2) is 90.5 Å². The lowest BCUT2D eigenvalue weighted by Crippen LogP contribution is -2.61. The fourth-order valence-corrected chi connectivity index (χ4v) is 8.69. The highest BCUT2D eigenvalue weighted by atomic mass is 19.1. The second kappa shape index (κ2) is 18.5. The number of aliphatic hydroxyl groups is 3. The van der Waals surface area contributed by atoms with Crippen molar-refractivity contribution in [1.82, 2.24) is 29.1 Å². The predicted octanol–water partition coefficient (Wildman–Crippen LogP) is 2.49. The van der Waals surface area contributed by atoms with Crippen molar-refractivity contribution in [3.8, 4) is 11.4 Å². The van der Waals surface area contributed by atoms with Gasteiger partial charge in [-0.1, -0.05) is 13.0 Å². The number of aromatic nitrogens is 6. The molecule has 0 radical (unpaired) electrons. The van der Waals surface area contributed by atoms with Crippen molar-refractivity contribution >= 4 is 17.3 Å². The summed E-state index contributed by atoms with van der Waals surface area (Å²) in [6, 6.07) is 18.4. The Bertz CT molecular complexity index is 2380. The first-order valence-electron chi connectivity index (χ1n) is 20.8. The van der Waals surface area contributed by atoms with Crippen LogP contribution in [-0.2, 0) is 31.2 Å². The molecule has 18 nitrogen and oxygen atoms in total. The third-order valence-corrected chi connectivity index (χ3v) is 12.1. The fraction of sp³-hybridized carbons (Fsp3) is 0.465. The first-order chi connectivity index (χ1) is 30.3. The van der Waals surface area contributed by atoms with Crippen molar-refractivity contribution in [2.45, 2.75) is 81.7 Å². The van der Waals surface area contributed by atoms with Gasteiger partial charge < -0.3 is 49.2 Å². The van der Waals surface area contributed by atoms with E-state index in [-0.39, 0.29) is 18.0 Å². The Morgan fingerprint density at radius 1 is 0.905 bits per heavy atom. The van der Waals surface area contributed by atoms with Gasteiger partial charge in [-0.2, -0.15) is 10.2 Å². The van der Waals surface area contributed by atoms with Crippen molar-refractivity contribution in [2.75, 3.05) is 49.2 Å². The van der Waals surface area contributed by atoms with Gasteiger partial charge in [0.05, 0.1) is 37.6 Å². The molecule has 0 aliphatic carbocycles. The fourth-order valence-electron chi connectivity index (χ4n) is 8.69. The number of carbonyl (C=O) groups is 1. The van der Waals surface area contributed by atoms with Crippen LogP contribution in [0.3, 0.4) is 0 Å². The van der Waals surface area contributed by atoms with E-state index in [1.807, 2.05) is 55.5 Å². The Hall–Kier alpha value is -5.77. The maximum atomic E-state index is 15.0. The van der Waals surface area contributed by atoms with Gasteiger partial charge in [0.2, 0.25) is 0 Å². The summed E-state index contributed by atoms with van der Waals surface area (Å²) in [5.74, 6) is -2.20. The summed E-state index contributed by atoms with van der Waals surface area (Å²) in [4.78, 5) is 33.7. The van der Waals surface area contributed by atoms with Crippen molar-refractivity contribution in [3.05, 3.63) is 113 Å². The molecule has 4 N–H and O–H groups in total. The molecule has 336 valence electrons. The molecule has 9 atom stereocenters. The van der Waals surface area contributed by atoms with E-state index in [4.69, 9.17) is 18.9 Å². The van der Waals surface area contributed by atoms with Crippen LogP contribution in [0, 0.1) is 17.6 Å². The van der Waals surface area contributed by atoms with Gasteiger partial charge in [0.25, 0.3) is 0 Å². The molecular formula is C43H50F2N8O10. The molecule has 8 rings (SSSR count). The number of nitrogens with zero attached hydrogens (tertiary/aromatic N) is 8. The van der Waals surface area contributed by atoms with Gasteiger partial charge in [-0.15, -0.1) is 0 Å². The van der Waals surface area contributed by atoms with Crippen LogP contribution in [0.1, 0.15) is 38.3 Å². The Morgan fingerprint density at radius 2 is 1.57 bits per heavy atom. The minimum Gasteiger partial charge on any atom is -0.493 e. The van der Waals surface area contributed by atoms with E-state index in [9.17, 15) is 34.4 Å². The molecule has 3 aromatic carbocycles. The van der Waals surface area contributed by atoms with Crippen LogP contribution >= 0.6 is 0 Å². The van der Waals surface area contributed by atoms with Crippen LogP contribution in [0.2, 0.25) is 0 Å². The monoisotopic (exact) mass is 876 g/mol. The minimum absolute atomic E-state index is 0.0488. The molecule has 0 spiro atoms. The second-order valence-corrected chi connectivity index (χ2v) is 16.2. The molecule has 2 aromatic heterocycles. The summed E-state index contributed by atoms with van der Waals surface area (Å²) in [5.41, 5.74) is 1.44. The van der Waals surface area contributed by atoms with Crippen LogP contribution in [0.25, 0.3) is 5.69 Å². The Kier molecular flexibility index (Phi) is 12.9. The van der Waals surface area contributed by atoms with Gasteiger partial charge in [-0.25, -0.2) is 37.3 Å². The zero-order valence-electron chi connectivity index (χ0n) is 34.6. The van der Waals surface area contributed by atoms with Crippen molar-refractivity contribution in [3.63, 3.8) is 0 Å². The zero-order valence-corrected chi connectivity index (χ0v) is 34.6. The summed E-state index contributed by atoms with van der Waals surface area (Å²) in [6.45, 7) is 7.42. The van der Waals surface area contributed by atoms with Crippen LogP contribution in [0.4, 0.5) is 20.2 Å². The summed E-state index contributed by atoms with van der Waals surface area (Å²) >= 11 is 0. The van der Waals surface area contributed by atoms with Crippen molar-refractivity contribution in [2.24, 2.45) is 5.92 Å². The van der Waals surface area contributed by atoms with E-state index < -0.39 is 71.7 Å². The second-order valence-electron chi connectivity index (χ2n) is 16.2. The standard InChI is InChI=1S/C43H50F2N8O10/c1-3-35(26(2)62-41-38(56)36(54)37(55)39(63-41)40(57)58)53-42(59)52(25-48-53)31-7-5-29(6-8-31)49-14-16-50(17-15-49)30-9-11-32(12-10-30)60-20-27-19-43(61-21-27,22-51-24-46-23-47-51)33-13-4-28(44)18-34(33)45/h4-13,18,23-27,35-39,41,54-56H,3,14-17,19-22H2,1-2H3,(H,57,58)/t26-,27+,35-,36-,37-,38+,39-,41+,43-/m0/s1. The zero-order chi connectivity index (χ0) is 44.4. The number of ether oxygens (including phenoxy) is 4. The smallest absolute Gasteiger partial charge is 0.350 e. The maximum absolute atomic E-state index is 15.0. The number of aliphatic hydroxyl groups excluding tert-OH is 3. The van der Waals surface area contributed by atoms with Crippen molar-refractivity contribution < 1.29 is 52.9 Å². The lowest BCUT2D eigenvalue weighted by Gasteiger charge is -2.40. The number of hydrogen-bond donors (Lipinski definition) is 4. The molecule has 3 aliphatic heterocycles. The van der Waals surface area contributed by atoms with Gasteiger partial charge in [-0.3, -0.25) is 0 Å². The summed E-state index contributed by atoms with van der Waals surface area (Å²) in [6.07, 6.45) is -4.42. The number of halogens is 2. The van der Waals surface area contributed by atoms with Crippen LogP contribution in [-0.4, -0.2) is 132 Å². The lowest BCUT2D eigenvalue weighted by atomic mass is 9.87. The van der Waals surface area contributed by atoms with Gasteiger partial charge >= 0.3 is 11.7 Å². The highest BCUT2D eigenvalue weighted by Gasteiger charge is 2.48. The molecule has 0 amide bonds. The Morgan fingerprint density at radius 3 is 2.19 bits per heavy atom. The maximum Gasteiger partial charge on any atom is 0.350 e. The number of benzene rings is 3. The summed E-state index contributed by atoms with van der Waals surface area (Å²) in [7, 11) is 0. The number of carboxylic acid groups (broad SMARTS) is 1. The SMILES string of the molecule is CC[C@@H]([C@H](C)O[C@@H]1O[C@H](C(=O)O)[C@@H](O)[C@H](O)[C@H]1O)n1ncn(-c2ccc(N3CCN(c4ccc(OC[C@@H]5CO[C@@](Cn6cncn6)(c6ccc(F)cc6F)C5)cc4)CC3)cc2)c1=O. The Labute approximate surface area is 360 Å². The van der Waals surface area contributed by atoms with E-state index in [2.05, 4.69) is 25.0 Å². The normalized spacial score (nSPS) is 26.1. The molecule has 3 saturated heterocycles. The number of rotatable bonds is 15. The van der Waals surface area contributed by atoms with Crippen LogP contribution < -0.4 is 20.2 Å². The summed E-state index contributed by atoms with van der Waals surface area (Å²) in [5, 5.41) is 48.5. The molecule has 5 heterocycles. The van der Waals surface area contributed by atoms with Gasteiger partial charge in [0.15, 0.2) is 12.4 Å². The van der Waals surface area contributed by atoms with Crippen molar-refractivity contribution in [1.29, 1.82) is 0 Å². The Balaban J connectivity index is 0.832.